The number of rotatable bonds is 8. The molecule has 0 aliphatic rings. The normalized spacial score (nSPS) is 12.5. The maximum atomic E-state index is 6.84. The Morgan fingerprint density at radius 2 is 0.958 bits per heavy atom. The first-order valence-corrected chi connectivity index (χ1v) is 9.86. The van der Waals surface area contributed by atoms with Crippen molar-refractivity contribution in [2.24, 2.45) is 7.05 Å². The summed E-state index contributed by atoms with van der Waals surface area (Å²) >= 11 is 13.7. The van der Waals surface area contributed by atoms with E-state index < -0.39 is 0 Å². The minimum absolute atomic E-state index is 0.167. The van der Waals surface area contributed by atoms with Crippen LogP contribution < -0.4 is 11.2 Å². The Hall–Kier alpha value is -0.0901. The maximum Gasteiger partial charge on any atom is 0.381 e. The average Bonchev–Trinajstić information content (AvgIpc) is 2.78. The van der Waals surface area contributed by atoms with Crippen LogP contribution in [0.4, 0.5) is 0 Å². The number of aromatic nitrogens is 1. The van der Waals surface area contributed by atoms with Gasteiger partial charge in [-0.05, 0) is 36.3 Å². The fourth-order valence-electron chi connectivity index (χ4n) is 3.57. The van der Waals surface area contributed by atoms with Gasteiger partial charge in [0.05, 0.1) is 0 Å². The third-order valence-corrected chi connectivity index (χ3v) is 5.49. The molecule has 0 aliphatic heterocycles. The maximum absolute atomic E-state index is 6.84. The number of hydrogen-bond acceptors (Lipinski definition) is 2. The third-order valence-electron chi connectivity index (χ3n) is 4.60. The molecule has 3 nitrogen and oxygen atoms in total. The van der Waals surface area contributed by atoms with Gasteiger partial charge in [0.2, 0.25) is 0 Å². The largest absolute Gasteiger partial charge is 0.381 e. The summed E-state index contributed by atoms with van der Waals surface area (Å²) < 4.78 is 2.16. The van der Waals surface area contributed by atoms with E-state index in [2.05, 4.69) is 88.8 Å². The molecular formula is C17H33B2Cl2N3. The van der Waals surface area contributed by atoms with Crippen molar-refractivity contribution in [2.45, 2.75) is 79.6 Å². The second-order valence-corrected chi connectivity index (χ2v) is 8.51. The van der Waals surface area contributed by atoms with Gasteiger partial charge in [0.25, 0.3) is 0 Å². The summed E-state index contributed by atoms with van der Waals surface area (Å²) in [6.45, 7) is 17.5. The van der Waals surface area contributed by atoms with E-state index in [0.29, 0.717) is 24.2 Å². The molecule has 0 fully saturated rings. The first-order chi connectivity index (χ1) is 11.0. The summed E-state index contributed by atoms with van der Waals surface area (Å²) in [6, 6.07) is 5.72. The van der Waals surface area contributed by atoms with Crippen molar-refractivity contribution in [3.63, 3.8) is 0 Å². The molecule has 0 atom stereocenters. The molecule has 0 spiro atoms. The monoisotopic (exact) mass is 371 g/mol. The van der Waals surface area contributed by atoms with Crippen LogP contribution in [0.1, 0.15) is 55.4 Å². The Morgan fingerprint density at radius 1 is 0.708 bits per heavy atom. The molecule has 0 radical (unpaired) electrons. The molecule has 0 saturated carbocycles. The van der Waals surface area contributed by atoms with Crippen molar-refractivity contribution in [1.82, 2.24) is 14.2 Å². The molecule has 1 heterocycles. The fourth-order valence-corrected chi connectivity index (χ4v) is 4.91. The van der Waals surface area contributed by atoms with Gasteiger partial charge in [-0.2, -0.15) is 22.9 Å². The number of hydrogen-bond donors (Lipinski definition) is 0. The second kappa shape index (κ2) is 9.02. The molecule has 0 bridgehead atoms. The number of nitrogens with zero attached hydrogens (tertiary/aromatic N) is 3. The van der Waals surface area contributed by atoms with Gasteiger partial charge in [0, 0.05) is 18.2 Å². The van der Waals surface area contributed by atoms with Gasteiger partial charge in [-0.25, -0.2) is 0 Å². The highest BCUT2D eigenvalue weighted by Gasteiger charge is 2.34. The lowest BCUT2D eigenvalue weighted by molar-refractivity contribution is 0.311. The van der Waals surface area contributed by atoms with Crippen LogP contribution in [-0.2, 0) is 7.05 Å². The molecule has 0 N–H and O–H groups in total. The topological polar surface area (TPSA) is 11.4 Å². The minimum Gasteiger partial charge on any atom is -0.362 e. The minimum atomic E-state index is -0.167. The summed E-state index contributed by atoms with van der Waals surface area (Å²) in [5, 5.41) is 0. The van der Waals surface area contributed by atoms with Crippen LogP contribution >= 0.6 is 22.9 Å². The van der Waals surface area contributed by atoms with E-state index in [-0.39, 0.29) is 12.5 Å². The zero-order valence-corrected chi connectivity index (χ0v) is 18.2. The molecule has 1 aromatic rings. The molecule has 136 valence electrons. The highest BCUT2D eigenvalue weighted by Crippen LogP contribution is 2.14. The Morgan fingerprint density at radius 3 is 1.17 bits per heavy atom. The molecule has 0 saturated heterocycles. The third kappa shape index (κ3) is 4.75. The van der Waals surface area contributed by atoms with Gasteiger partial charge in [0.15, 0.2) is 0 Å². The highest BCUT2D eigenvalue weighted by atomic mass is 35.5. The van der Waals surface area contributed by atoms with Gasteiger partial charge in [-0.3, -0.25) is 0 Å². The van der Waals surface area contributed by atoms with E-state index in [1.807, 2.05) is 0 Å². The van der Waals surface area contributed by atoms with Crippen molar-refractivity contribution in [3.05, 3.63) is 12.1 Å². The summed E-state index contributed by atoms with van der Waals surface area (Å²) in [4.78, 5) is 4.62. The summed E-state index contributed by atoms with van der Waals surface area (Å²) in [6.07, 6.45) is -0.335. The summed E-state index contributed by atoms with van der Waals surface area (Å²) in [5.41, 5.74) is 2.18. The Bertz CT molecular complexity index is 458. The molecule has 1 aromatic heterocycles. The van der Waals surface area contributed by atoms with E-state index >= 15 is 0 Å². The van der Waals surface area contributed by atoms with Crippen LogP contribution in [-0.4, -0.2) is 50.9 Å². The Balaban J connectivity index is 3.17. The molecule has 0 aliphatic carbocycles. The zero-order chi connectivity index (χ0) is 18.8. The van der Waals surface area contributed by atoms with Crippen LogP contribution in [0.5, 0.6) is 0 Å². The van der Waals surface area contributed by atoms with Gasteiger partial charge < -0.3 is 14.2 Å². The van der Waals surface area contributed by atoms with Crippen LogP contribution in [0.15, 0.2) is 12.1 Å². The average molecular weight is 372 g/mol. The van der Waals surface area contributed by atoms with Crippen molar-refractivity contribution >= 4 is 46.6 Å². The van der Waals surface area contributed by atoms with E-state index in [1.165, 1.54) is 0 Å². The van der Waals surface area contributed by atoms with Crippen molar-refractivity contribution in [3.8, 4) is 0 Å². The van der Waals surface area contributed by atoms with Crippen molar-refractivity contribution < 1.29 is 0 Å². The lowest BCUT2D eigenvalue weighted by Gasteiger charge is -2.34. The number of halogens is 2. The van der Waals surface area contributed by atoms with Crippen LogP contribution in [0.3, 0.4) is 0 Å². The first-order valence-electron chi connectivity index (χ1n) is 8.99. The van der Waals surface area contributed by atoms with Gasteiger partial charge in [0.1, 0.15) is 0 Å². The molecule has 24 heavy (non-hydrogen) atoms. The quantitative estimate of drug-likeness (QED) is 0.650. The van der Waals surface area contributed by atoms with Crippen LogP contribution in [0.25, 0.3) is 0 Å². The molecule has 7 heteroatoms. The zero-order valence-electron chi connectivity index (χ0n) is 16.7. The standard InChI is InChI=1S/C17H33B2Cl2N3/c1-12(2)23(13(3)4)18(20)16-10-11-17(22(16)9)19(21)24(14(5)6)15(7)8/h10-15H,1-9H3. The molecule has 0 unspecified atom stereocenters. The molecular weight excluding hydrogens is 339 g/mol. The summed E-state index contributed by atoms with van der Waals surface area (Å²) in [5.74, 6) is 0. The van der Waals surface area contributed by atoms with Crippen molar-refractivity contribution in [2.75, 3.05) is 0 Å². The SMILES string of the molecule is CC(C)N(B(Cl)c1ccc(B(Cl)N(C(C)C)C(C)C)n1C)C(C)C. The Kier molecular flexibility index (Phi) is 8.25. The van der Waals surface area contributed by atoms with E-state index in [4.69, 9.17) is 22.9 Å². The molecule has 0 amide bonds. The molecule has 1 rings (SSSR count). The smallest absolute Gasteiger partial charge is 0.362 e. The van der Waals surface area contributed by atoms with Gasteiger partial charge in [-0.15, -0.1) is 0 Å². The van der Waals surface area contributed by atoms with E-state index in [0.717, 1.165) is 11.2 Å². The predicted molar refractivity (Wildman–Crippen MR) is 112 cm³/mol. The predicted octanol–water partition coefficient (Wildman–Crippen LogP) is 3.13. The first kappa shape index (κ1) is 22.0. The lowest BCUT2D eigenvalue weighted by atomic mass is 9.79. The second-order valence-electron chi connectivity index (χ2n) is 7.68. The van der Waals surface area contributed by atoms with Crippen molar-refractivity contribution in [1.29, 1.82) is 0 Å². The van der Waals surface area contributed by atoms with Gasteiger partial charge >= 0.3 is 12.5 Å². The lowest BCUT2D eigenvalue weighted by Crippen LogP contribution is -2.57. The van der Waals surface area contributed by atoms with Crippen LogP contribution in [0, 0.1) is 0 Å². The Labute approximate surface area is 159 Å². The van der Waals surface area contributed by atoms with E-state index in [9.17, 15) is 0 Å². The summed E-state index contributed by atoms with van der Waals surface area (Å²) in [7, 11) is 2.06. The highest BCUT2D eigenvalue weighted by molar-refractivity contribution is 7.14. The molecule has 0 aromatic carbocycles. The van der Waals surface area contributed by atoms with Crippen LogP contribution in [0.2, 0.25) is 0 Å². The van der Waals surface area contributed by atoms with E-state index in [1.54, 1.807) is 0 Å². The fraction of sp³-hybridized carbons (Fsp3) is 0.765. The van der Waals surface area contributed by atoms with Gasteiger partial charge in [-0.1, -0.05) is 55.4 Å².